The first-order valence-corrected chi connectivity index (χ1v) is 7.39. The van der Waals surface area contributed by atoms with Gasteiger partial charge in [0.05, 0.1) is 11.4 Å². The van der Waals surface area contributed by atoms with E-state index in [1.807, 2.05) is 32.0 Å². The third-order valence-corrected chi connectivity index (χ3v) is 4.64. The summed E-state index contributed by atoms with van der Waals surface area (Å²) in [5, 5.41) is 3.11. The number of benzene rings is 1. The quantitative estimate of drug-likeness (QED) is 0.815. The van der Waals surface area contributed by atoms with Crippen molar-refractivity contribution >= 4 is 15.7 Å². The fraction of sp³-hybridized carbons (Fsp3) is 0.500. The maximum Gasteiger partial charge on any atom is 0.236 e. The Hall–Kier alpha value is -1.07. The number of sulfonamides is 1. The van der Waals surface area contributed by atoms with Crippen LogP contribution in [0.15, 0.2) is 18.2 Å². The molecule has 1 aromatic rings. The molecule has 94 valence electrons. The Bertz CT molecular complexity index is 491. The molecule has 5 heteroatoms. The number of aryl methyl sites for hydroxylation is 2. The molecule has 0 spiro atoms. The second-order valence-corrected chi connectivity index (χ2v) is 6.50. The van der Waals surface area contributed by atoms with Crippen molar-refractivity contribution in [2.45, 2.75) is 13.8 Å². The van der Waals surface area contributed by atoms with Crippen LogP contribution in [0.25, 0.3) is 0 Å². The molecule has 2 rings (SSSR count). The van der Waals surface area contributed by atoms with Gasteiger partial charge in [0, 0.05) is 19.6 Å². The second kappa shape index (κ2) is 4.66. The van der Waals surface area contributed by atoms with Gasteiger partial charge in [0.25, 0.3) is 0 Å². The Morgan fingerprint density at radius 2 is 1.76 bits per heavy atom. The van der Waals surface area contributed by atoms with Crippen molar-refractivity contribution in [2.75, 3.05) is 29.7 Å². The van der Waals surface area contributed by atoms with E-state index >= 15 is 0 Å². The maximum absolute atomic E-state index is 12.1. The van der Waals surface area contributed by atoms with Gasteiger partial charge in [-0.2, -0.15) is 0 Å². The van der Waals surface area contributed by atoms with Crippen LogP contribution >= 0.6 is 0 Å². The standard InChI is InChI=1S/C12H18N2O2S/c1-10-7-11(2)9-12(8-10)14-5-3-13-4-6-17(14,15)16/h7-9,13H,3-6H2,1-2H3. The minimum Gasteiger partial charge on any atom is -0.314 e. The highest BCUT2D eigenvalue weighted by molar-refractivity contribution is 7.92. The fourth-order valence-electron chi connectivity index (χ4n) is 2.14. The van der Waals surface area contributed by atoms with E-state index in [1.165, 1.54) is 4.31 Å². The summed E-state index contributed by atoms with van der Waals surface area (Å²) in [5.74, 6) is 0.167. The highest BCUT2D eigenvalue weighted by Crippen LogP contribution is 2.22. The zero-order valence-electron chi connectivity index (χ0n) is 10.2. The number of nitrogens with zero attached hydrogens (tertiary/aromatic N) is 1. The summed E-state index contributed by atoms with van der Waals surface area (Å²) in [6, 6.07) is 5.90. The monoisotopic (exact) mass is 254 g/mol. The molecule has 1 aromatic carbocycles. The average Bonchev–Trinajstić information content (AvgIpc) is 2.37. The zero-order valence-corrected chi connectivity index (χ0v) is 11.0. The highest BCUT2D eigenvalue weighted by Gasteiger charge is 2.24. The molecule has 1 saturated heterocycles. The molecular weight excluding hydrogens is 236 g/mol. The predicted molar refractivity (Wildman–Crippen MR) is 69.9 cm³/mol. The molecule has 1 N–H and O–H groups in total. The van der Waals surface area contributed by atoms with Crippen molar-refractivity contribution in [1.82, 2.24) is 5.32 Å². The lowest BCUT2D eigenvalue weighted by Crippen LogP contribution is -2.33. The molecule has 0 aromatic heterocycles. The van der Waals surface area contributed by atoms with E-state index in [-0.39, 0.29) is 5.75 Å². The summed E-state index contributed by atoms with van der Waals surface area (Å²) < 4.78 is 25.7. The Balaban J connectivity index is 2.42. The summed E-state index contributed by atoms with van der Waals surface area (Å²) in [6.07, 6.45) is 0. The Morgan fingerprint density at radius 3 is 2.41 bits per heavy atom. The van der Waals surface area contributed by atoms with E-state index in [9.17, 15) is 8.42 Å². The molecule has 1 aliphatic rings. The average molecular weight is 254 g/mol. The van der Waals surface area contributed by atoms with Crippen LogP contribution in [0.2, 0.25) is 0 Å². The minimum atomic E-state index is -3.18. The Kier molecular flexibility index (Phi) is 3.40. The SMILES string of the molecule is Cc1cc(C)cc(N2CCNCCS2(=O)=O)c1. The number of anilines is 1. The van der Waals surface area contributed by atoms with E-state index in [2.05, 4.69) is 5.32 Å². The molecular formula is C12H18N2O2S. The molecule has 0 saturated carbocycles. The molecule has 0 aliphatic carbocycles. The summed E-state index contributed by atoms with van der Waals surface area (Å²) in [5.41, 5.74) is 2.96. The summed E-state index contributed by atoms with van der Waals surface area (Å²) in [6.45, 7) is 5.71. The zero-order chi connectivity index (χ0) is 12.5. The fourth-order valence-corrected chi connectivity index (χ4v) is 3.56. The number of nitrogens with one attached hydrogen (secondary N) is 1. The summed E-state index contributed by atoms with van der Waals surface area (Å²) >= 11 is 0. The molecule has 0 atom stereocenters. The van der Waals surface area contributed by atoms with Gasteiger partial charge in [0.1, 0.15) is 0 Å². The van der Waals surface area contributed by atoms with E-state index in [1.54, 1.807) is 0 Å². The summed E-state index contributed by atoms with van der Waals surface area (Å²) in [7, 11) is -3.18. The first kappa shape index (κ1) is 12.4. The smallest absolute Gasteiger partial charge is 0.236 e. The van der Waals surface area contributed by atoms with Crippen LogP contribution in [0.4, 0.5) is 5.69 Å². The lowest BCUT2D eigenvalue weighted by Gasteiger charge is -2.22. The lowest BCUT2D eigenvalue weighted by molar-refractivity contribution is 0.594. The maximum atomic E-state index is 12.1. The molecule has 0 radical (unpaired) electrons. The van der Waals surface area contributed by atoms with Crippen LogP contribution in [-0.4, -0.2) is 33.8 Å². The van der Waals surface area contributed by atoms with Crippen molar-refractivity contribution in [3.05, 3.63) is 29.3 Å². The molecule has 1 aliphatic heterocycles. The normalized spacial score (nSPS) is 20.0. The minimum absolute atomic E-state index is 0.167. The van der Waals surface area contributed by atoms with Crippen molar-refractivity contribution in [3.63, 3.8) is 0 Å². The van der Waals surface area contributed by atoms with Crippen LogP contribution in [0.5, 0.6) is 0 Å². The van der Waals surface area contributed by atoms with Crippen molar-refractivity contribution in [2.24, 2.45) is 0 Å². The van der Waals surface area contributed by atoms with Gasteiger partial charge < -0.3 is 5.32 Å². The van der Waals surface area contributed by atoms with Gasteiger partial charge in [-0.15, -0.1) is 0 Å². The van der Waals surface area contributed by atoms with Crippen molar-refractivity contribution < 1.29 is 8.42 Å². The Morgan fingerprint density at radius 1 is 1.12 bits per heavy atom. The number of rotatable bonds is 1. The molecule has 4 nitrogen and oxygen atoms in total. The van der Waals surface area contributed by atoms with Crippen molar-refractivity contribution in [1.29, 1.82) is 0 Å². The van der Waals surface area contributed by atoms with E-state index < -0.39 is 10.0 Å². The van der Waals surface area contributed by atoms with Gasteiger partial charge in [-0.25, -0.2) is 8.42 Å². The molecule has 0 amide bonds. The topological polar surface area (TPSA) is 49.4 Å². The van der Waals surface area contributed by atoms with Gasteiger partial charge in [0.2, 0.25) is 10.0 Å². The van der Waals surface area contributed by atoms with Crippen LogP contribution in [0.3, 0.4) is 0 Å². The van der Waals surface area contributed by atoms with Crippen LogP contribution in [0, 0.1) is 13.8 Å². The van der Waals surface area contributed by atoms with Crippen LogP contribution in [-0.2, 0) is 10.0 Å². The number of hydrogen-bond donors (Lipinski definition) is 1. The lowest BCUT2D eigenvalue weighted by atomic mass is 10.1. The van der Waals surface area contributed by atoms with E-state index in [4.69, 9.17) is 0 Å². The third-order valence-electron chi connectivity index (χ3n) is 2.86. The van der Waals surface area contributed by atoms with Crippen molar-refractivity contribution in [3.8, 4) is 0 Å². The molecule has 1 heterocycles. The van der Waals surface area contributed by atoms with Gasteiger partial charge >= 0.3 is 0 Å². The summed E-state index contributed by atoms with van der Waals surface area (Å²) in [4.78, 5) is 0. The predicted octanol–water partition coefficient (Wildman–Crippen LogP) is 1.04. The second-order valence-electron chi connectivity index (χ2n) is 4.48. The molecule has 17 heavy (non-hydrogen) atoms. The number of hydrogen-bond acceptors (Lipinski definition) is 3. The van der Waals surface area contributed by atoms with Gasteiger partial charge in [0.15, 0.2) is 0 Å². The molecule has 0 unspecified atom stereocenters. The Labute approximate surface area is 103 Å². The first-order chi connectivity index (χ1) is 7.99. The van der Waals surface area contributed by atoms with Gasteiger partial charge in [-0.3, -0.25) is 4.31 Å². The largest absolute Gasteiger partial charge is 0.314 e. The van der Waals surface area contributed by atoms with E-state index in [0.29, 0.717) is 19.6 Å². The third kappa shape index (κ3) is 2.79. The molecule has 0 bridgehead atoms. The first-order valence-electron chi connectivity index (χ1n) is 5.78. The van der Waals surface area contributed by atoms with Gasteiger partial charge in [-0.1, -0.05) is 6.07 Å². The van der Waals surface area contributed by atoms with Gasteiger partial charge in [-0.05, 0) is 37.1 Å². The highest BCUT2D eigenvalue weighted by atomic mass is 32.2. The molecule has 1 fully saturated rings. The van der Waals surface area contributed by atoms with Crippen LogP contribution < -0.4 is 9.62 Å². The van der Waals surface area contributed by atoms with Crippen LogP contribution in [0.1, 0.15) is 11.1 Å². The van der Waals surface area contributed by atoms with E-state index in [0.717, 1.165) is 16.8 Å².